The van der Waals surface area contributed by atoms with E-state index in [1.807, 2.05) is 0 Å². The summed E-state index contributed by atoms with van der Waals surface area (Å²) in [6.45, 7) is 0. The summed E-state index contributed by atoms with van der Waals surface area (Å²) in [6.07, 6.45) is 0. The predicted octanol–water partition coefficient (Wildman–Crippen LogP) is 3.82. The van der Waals surface area contributed by atoms with E-state index in [0.717, 1.165) is 11.5 Å². The van der Waals surface area contributed by atoms with Crippen LogP contribution in [0, 0.1) is 10.1 Å². The molecule has 27 heavy (non-hydrogen) atoms. The molecule has 0 aliphatic rings. The van der Waals surface area contributed by atoms with Crippen LogP contribution in [0.15, 0.2) is 63.7 Å². The Balaban J connectivity index is 2.20. The summed E-state index contributed by atoms with van der Waals surface area (Å²) in [5, 5.41) is 39.7. The van der Waals surface area contributed by atoms with Crippen molar-refractivity contribution in [2.24, 2.45) is 10.2 Å². The van der Waals surface area contributed by atoms with Crippen molar-refractivity contribution < 1.29 is 28.1 Å². The van der Waals surface area contributed by atoms with Crippen molar-refractivity contribution in [2.75, 3.05) is 0 Å². The van der Waals surface area contributed by atoms with Crippen LogP contribution in [0.2, 0.25) is 0 Å². The molecule has 3 aromatic rings. The first-order chi connectivity index (χ1) is 12.7. The fourth-order valence-corrected chi connectivity index (χ4v) is 2.92. The van der Waals surface area contributed by atoms with Gasteiger partial charge in [-0.2, -0.15) is 8.42 Å². The Hall–Kier alpha value is -3.57. The highest BCUT2D eigenvalue weighted by molar-refractivity contribution is 7.85. The third kappa shape index (κ3) is 3.54. The maximum Gasteiger partial charge on any atom is 0.314 e. The molecule has 0 spiro atoms. The average molecular weight is 389 g/mol. The summed E-state index contributed by atoms with van der Waals surface area (Å²) >= 11 is 0. The number of aromatic hydroxyl groups is 2. The van der Waals surface area contributed by atoms with Gasteiger partial charge in [-0.1, -0.05) is 30.3 Å². The molecule has 3 rings (SSSR count). The lowest BCUT2D eigenvalue weighted by atomic mass is 10.1. The van der Waals surface area contributed by atoms with E-state index >= 15 is 0 Å². The van der Waals surface area contributed by atoms with Crippen molar-refractivity contribution in [1.82, 2.24) is 0 Å². The molecule has 0 atom stereocenters. The fourth-order valence-electron chi connectivity index (χ4n) is 2.40. The molecule has 3 aromatic carbocycles. The third-order valence-electron chi connectivity index (χ3n) is 3.67. The number of phenolic OH excluding ortho intramolecular Hbond substituents is 2. The van der Waals surface area contributed by atoms with Crippen molar-refractivity contribution in [3.05, 3.63) is 58.6 Å². The van der Waals surface area contributed by atoms with Gasteiger partial charge in [-0.05, 0) is 17.5 Å². The largest absolute Gasteiger partial charge is 0.506 e. The van der Waals surface area contributed by atoms with Gasteiger partial charge < -0.3 is 10.2 Å². The second-order valence-corrected chi connectivity index (χ2v) is 6.82. The number of nitro benzene ring substituents is 1. The summed E-state index contributed by atoms with van der Waals surface area (Å²) in [5.74, 6) is -1.17. The Labute approximate surface area is 151 Å². The number of fused-ring (bicyclic) bond motifs is 1. The van der Waals surface area contributed by atoms with Crippen LogP contribution >= 0.6 is 0 Å². The lowest BCUT2D eigenvalue weighted by Crippen LogP contribution is -1.99. The summed E-state index contributed by atoms with van der Waals surface area (Å²) < 4.78 is 31.8. The van der Waals surface area contributed by atoms with E-state index in [9.17, 15) is 28.7 Å². The minimum Gasteiger partial charge on any atom is -0.506 e. The van der Waals surface area contributed by atoms with Crippen LogP contribution in [0.5, 0.6) is 11.5 Å². The maximum atomic E-state index is 11.3. The highest BCUT2D eigenvalue weighted by Gasteiger charge is 2.24. The van der Waals surface area contributed by atoms with Crippen LogP contribution in [0.1, 0.15) is 0 Å². The maximum absolute atomic E-state index is 11.3. The van der Waals surface area contributed by atoms with Gasteiger partial charge in [-0.3, -0.25) is 14.7 Å². The van der Waals surface area contributed by atoms with E-state index in [0.29, 0.717) is 11.5 Å². The molecule has 0 unspecified atom stereocenters. The lowest BCUT2D eigenvalue weighted by molar-refractivity contribution is -0.386. The molecular weight excluding hydrogens is 378 g/mol. The second kappa shape index (κ2) is 6.63. The number of rotatable bonds is 4. The van der Waals surface area contributed by atoms with Crippen LogP contribution in [0.4, 0.5) is 17.1 Å². The van der Waals surface area contributed by atoms with E-state index in [4.69, 9.17) is 4.55 Å². The number of benzene rings is 3. The van der Waals surface area contributed by atoms with E-state index in [1.165, 1.54) is 6.07 Å². The normalized spacial score (nSPS) is 11.9. The number of azo groups is 1. The Bertz CT molecular complexity index is 1210. The first-order valence-corrected chi connectivity index (χ1v) is 8.74. The van der Waals surface area contributed by atoms with Crippen molar-refractivity contribution in [1.29, 1.82) is 0 Å². The molecule has 0 aromatic heterocycles. The average Bonchev–Trinajstić information content (AvgIpc) is 2.60. The van der Waals surface area contributed by atoms with Gasteiger partial charge in [0, 0.05) is 11.5 Å². The first kappa shape index (κ1) is 18.2. The Kier molecular flexibility index (Phi) is 4.47. The van der Waals surface area contributed by atoms with Crippen molar-refractivity contribution in [3.8, 4) is 11.5 Å². The fraction of sp³-hybridized carbons (Fsp3) is 0. The van der Waals surface area contributed by atoms with E-state index < -0.39 is 37.1 Å². The zero-order valence-corrected chi connectivity index (χ0v) is 14.2. The van der Waals surface area contributed by atoms with Gasteiger partial charge in [0.15, 0.2) is 0 Å². The van der Waals surface area contributed by atoms with Crippen molar-refractivity contribution in [2.45, 2.75) is 4.90 Å². The Morgan fingerprint density at radius 2 is 1.70 bits per heavy atom. The Morgan fingerprint density at radius 3 is 2.37 bits per heavy atom. The summed E-state index contributed by atoms with van der Waals surface area (Å²) in [5.41, 5.74) is -1.52. The van der Waals surface area contributed by atoms with E-state index in [-0.39, 0.29) is 11.4 Å². The topological polar surface area (TPSA) is 163 Å². The van der Waals surface area contributed by atoms with Crippen LogP contribution in [0.3, 0.4) is 0 Å². The smallest absolute Gasteiger partial charge is 0.314 e. The molecule has 0 saturated carbocycles. The molecule has 138 valence electrons. The summed E-state index contributed by atoms with van der Waals surface area (Å²) in [7, 11) is -4.79. The van der Waals surface area contributed by atoms with Gasteiger partial charge in [-0.15, -0.1) is 10.2 Å². The molecule has 0 bridgehead atoms. The molecule has 10 nitrogen and oxygen atoms in total. The summed E-state index contributed by atoms with van der Waals surface area (Å²) in [6, 6.07) is 11.1. The summed E-state index contributed by atoms with van der Waals surface area (Å²) in [4.78, 5) is 9.15. The van der Waals surface area contributed by atoms with Gasteiger partial charge in [0.05, 0.1) is 4.92 Å². The van der Waals surface area contributed by atoms with Crippen LogP contribution in [-0.4, -0.2) is 28.1 Å². The molecule has 0 amide bonds. The minimum absolute atomic E-state index is 0.0208. The number of nitrogens with zero attached hydrogens (tertiary/aromatic N) is 3. The molecule has 0 radical (unpaired) electrons. The van der Waals surface area contributed by atoms with Gasteiger partial charge in [0.1, 0.15) is 22.0 Å². The number of nitro groups is 1. The third-order valence-corrected chi connectivity index (χ3v) is 4.51. The molecular formula is C16H11N3O7S. The first-order valence-electron chi connectivity index (χ1n) is 7.30. The standard InChI is InChI=1S/C16H11N3O7S/c20-14-6-5-9-3-1-2-4-11(9)15(14)18-17-12-7-10(27(24,25)26)8-13(16(12)21)19(22)23/h1-8,20-21H,(H,24,25,26)/b18-17+. The number of hydrogen-bond acceptors (Lipinski definition) is 8. The number of hydrogen-bond donors (Lipinski definition) is 3. The Morgan fingerprint density at radius 1 is 1.00 bits per heavy atom. The zero-order chi connectivity index (χ0) is 19.8. The number of phenols is 2. The second-order valence-electron chi connectivity index (χ2n) is 5.40. The quantitative estimate of drug-likeness (QED) is 0.264. The van der Waals surface area contributed by atoms with E-state index in [1.54, 1.807) is 30.3 Å². The highest BCUT2D eigenvalue weighted by atomic mass is 32.2. The van der Waals surface area contributed by atoms with Gasteiger partial charge in [0.25, 0.3) is 10.1 Å². The lowest BCUT2D eigenvalue weighted by Gasteiger charge is -2.05. The van der Waals surface area contributed by atoms with Crippen LogP contribution in [0.25, 0.3) is 10.8 Å². The van der Waals surface area contributed by atoms with Gasteiger partial charge in [0.2, 0.25) is 5.75 Å². The van der Waals surface area contributed by atoms with Crippen molar-refractivity contribution in [3.63, 3.8) is 0 Å². The minimum atomic E-state index is -4.79. The van der Waals surface area contributed by atoms with Gasteiger partial charge in [-0.25, -0.2) is 0 Å². The molecule has 0 heterocycles. The SMILES string of the molecule is O=[N+]([O-])c1cc(S(=O)(=O)O)cc(/N=N/c2c(O)ccc3ccccc23)c1O. The van der Waals surface area contributed by atoms with Gasteiger partial charge >= 0.3 is 5.69 Å². The molecule has 0 fully saturated rings. The van der Waals surface area contributed by atoms with Crippen LogP contribution in [-0.2, 0) is 10.1 Å². The highest BCUT2D eigenvalue weighted by Crippen LogP contribution is 2.41. The van der Waals surface area contributed by atoms with Crippen molar-refractivity contribution >= 4 is 38.0 Å². The molecule has 3 N–H and O–H groups in total. The molecule has 0 aliphatic carbocycles. The van der Waals surface area contributed by atoms with E-state index in [2.05, 4.69) is 10.2 Å². The monoisotopic (exact) mass is 389 g/mol. The predicted molar refractivity (Wildman–Crippen MR) is 94.4 cm³/mol. The molecule has 0 aliphatic heterocycles. The molecule has 11 heteroatoms. The molecule has 0 saturated heterocycles. The van der Waals surface area contributed by atoms with Crippen LogP contribution < -0.4 is 0 Å². The zero-order valence-electron chi connectivity index (χ0n) is 13.3.